The number of nitrogens with zero attached hydrogens (tertiary/aromatic N) is 1. The lowest BCUT2D eigenvalue weighted by atomic mass is 10.2. The Hall–Kier alpha value is -1.04. The molecule has 100 valence electrons. The van der Waals surface area contributed by atoms with Crippen LogP contribution in [0.3, 0.4) is 0 Å². The summed E-state index contributed by atoms with van der Waals surface area (Å²) in [7, 11) is 1.50. The summed E-state index contributed by atoms with van der Waals surface area (Å²) in [6.45, 7) is 0.302. The molecule has 1 rings (SSSR count). The van der Waals surface area contributed by atoms with Crippen LogP contribution in [0.4, 0.5) is 13.2 Å². The van der Waals surface area contributed by atoms with Crippen molar-refractivity contribution in [2.24, 2.45) is 0 Å². The highest BCUT2D eigenvalue weighted by molar-refractivity contribution is 9.10. The molecule has 2 nitrogen and oxygen atoms in total. The van der Waals surface area contributed by atoms with E-state index in [2.05, 4.69) is 15.9 Å². The van der Waals surface area contributed by atoms with Crippen LogP contribution in [-0.4, -0.2) is 24.0 Å². The third kappa shape index (κ3) is 5.53. The van der Waals surface area contributed by atoms with Gasteiger partial charge in [0.25, 0.3) is 0 Å². The van der Waals surface area contributed by atoms with Crippen LogP contribution in [0.5, 0.6) is 0 Å². The van der Waals surface area contributed by atoms with Crippen LogP contribution >= 0.6 is 15.9 Å². The number of amides is 1. The number of benzene rings is 1. The standard InChI is InChI=1S/C12H13BrF3NO/c1-17(11(18)5-6-12(14,15)16)8-9-3-2-4-10(13)7-9/h2-4,7H,5-6,8H2,1H3. The zero-order valence-corrected chi connectivity index (χ0v) is 11.4. The SMILES string of the molecule is CN(Cc1cccc(Br)c1)C(=O)CCC(F)(F)F. The molecule has 0 atom stereocenters. The minimum absolute atomic E-state index is 0.302. The maximum Gasteiger partial charge on any atom is 0.389 e. The quantitative estimate of drug-likeness (QED) is 0.826. The molecular formula is C12H13BrF3NO. The van der Waals surface area contributed by atoms with Crippen molar-refractivity contribution in [3.05, 3.63) is 34.3 Å². The Bertz CT molecular complexity index is 420. The van der Waals surface area contributed by atoms with Crippen molar-refractivity contribution < 1.29 is 18.0 Å². The van der Waals surface area contributed by atoms with Gasteiger partial charge in [0.15, 0.2) is 0 Å². The normalized spacial score (nSPS) is 11.4. The first-order valence-electron chi connectivity index (χ1n) is 5.33. The lowest BCUT2D eigenvalue weighted by Gasteiger charge is -2.18. The summed E-state index contributed by atoms with van der Waals surface area (Å²) >= 11 is 3.29. The van der Waals surface area contributed by atoms with Gasteiger partial charge < -0.3 is 4.90 Å². The second-order valence-corrected chi connectivity index (χ2v) is 4.91. The maximum absolute atomic E-state index is 12.0. The van der Waals surface area contributed by atoms with Crippen molar-refractivity contribution in [2.75, 3.05) is 7.05 Å². The topological polar surface area (TPSA) is 20.3 Å². The summed E-state index contributed by atoms with van der Waals surface area (Å²) in [5.41, 5.74) is 0.868. The van der Waals surface area contributed by atoms with E-state index in [4.69, 9.17) is 0 Å². The molecule has 0 N–H and O–H groups in total. The molecule has 1 amide bonds. The van der Waals surface area contributed by atoms with E-state index in [1.165, 1.54) is 11.9 Å². The molecule has 0 saturated carbocycles. The Kier molecular flexibility index (Phi) is 5.19. The van der Waals surface area contributed by atoms with Crippen LogP contribution in [-0.2, 0) is 11.3 Å². The molecular weight excluding hydrogens is 311 g/mol. The number of halogens is 4. The molecule has 0 heterocycles. The van der Waals surface area contributed by atoms with E-state index >= 15 is 0 Å². The van der Waals surface area contributed by atoms with E-state index in [1.807, 2.05) is 24.3 Å². The number of rotatable bonds is 4. The Morgan fingerprint density at radius 2 is 2.06 bits per heavy atom. The van der Waals surface area contributed by atoms with Crippen molar-refractivity contribution in [2.45, 2.75) is 25.6 Å². The lowest BCUT2D eigenvalue weighted by Crippen LogP contribution is -2.27. The molecule has 0 radical (unpaired) electrons. The molecule has 0 saturated heterocycles. The summed E-state index contributed by atoms with van der Waals surface area (Å²) in [5, 5.41) is 0. The minimum atomic E-state index is -4.29. The zero-order valence-electron chi connectivity index (χ0n) is 9.80. The molecule has 18 heavy (non-hydrogen) atoms. The smallest absolute Gasteiger partial charge is 0.341 e. The highest BCUT2D eigenvalue weighted by atomic mass is 79.9. The summed E-state index contributed by atoms with van der Waals surface area (Å²) in [5.74, 6) is -0.507. The Labute approximate surface area is 112 Å². The minimum Gasteiger partial charge on any atom is -0.341 e. The highest BCUT2D eigenvalue weighted by Crippen LogP contribution is 2.22. The number of carbonyl (C=O) groups excluding carboxylic acids is 1. The zero-order chi connectivity index (χ0) is 13.8. The van der Waals surface area contributed by atoms with Gasteiger partial charge in [0, 0.05) is 24.5 Å². The van der Waals surface area contributed by atoms with Crippen LogP contribution in [0.1, 0.15) is 18.4 Å². The van der Waals surface area contributed by atoms with Gasteiger partial charge in [-0.15, -0.1) is 0 Å². The fraction of sp³-hybridized carbons (Fsp3) is 0.417. The van der Waals surface area contributed by atoms with Gasteiger partial charge in [0.2, 0.25) is 5.91 Å². The maximum atomic E-state index is 12.0. The van der Waals surface area contributed by atoms with Gasteiger partial charge >= 0.3 is 6.18 Å². The predicted octanol–water partition coefficient (Wildman–Crippen LogP) is 3.75. The van der Waals surface area contributed by atoms with Crippen molar-refractivity contribution >= 4 is 21.8 Å². The average molecular weight is 324 g/mol. The molecule has 1 aromatic rings. The molecule has 1 aromatic carbocycles. The lowest BCUT2D eigenvalue weighted by molar-refractivity contribution is -0.148. The number of hydrogen-bond donors (Lipinski definition) is 0. The first kappa shape index (κ1) is 15.0. The average Bonchev–Trinajstić information content (AvgIpc) is 2.24. The van der Waals surface area contributed by atoms with E-state index in [1.54, 1.807) is 0 Å². The summed E-state index contributed by atoms with van der Waals surface area (Å²) in [6.07, 6.45) is -5.87. The molecule has 0 bridgehead atoms. The van der Waals surface area contributed by atoms with E-state index < -0.39 is 24.9 Å². The van der Waals surface area contributed by atoms with Crippen LogP contribution in [0.25, 0.3) is 0 Å². The van der Waals surface area contributed by atoms with Gasteiger partial charge in [-0.1, -0.05) is 28.1 Å². The number of carbonyl (C=O) groups is 1. The van der Waals surface area contributed by atoms with E-state index in [9.17, 15) is 18.0 Å². The Morgan fingerprint density at radius 1 is 1.39 bits per heavy atom. The second kappa shape index (κ2) is 6.22. The molecule has 0 aromatic heterocycles. The third-order valence-electron chi connectivity index (χ3n) is 2.36. The van der Waals surface area contributed by atoms with Gasteiger partial charge in [-0.05, 0) is 17.7 Å². The Morgan fingerprint density at radius 3 is 2.61 bits per heavy atom. The summed E-state index contributed by atoms with van der Waals surface area (Å²) < 4.78 is 36.8. The van der Waals surface area contributed by atoms with E-state index in [-0.39, 0.29) is 0 Å². The van der Waals surface area contributed by atoms with Crippen molar-refractivity contribution in [1.82, 2.24) is 4.90 Å². The molecule has 0 fully saturated rings. The monoisotopic (exact) mass is 323 g/mol. The number of alkyl halides is 3. The second-order valence-electron chi connectivity index (χ2n) is 3.99. The largest absolute Gasteiger partial charge is 0.389 e. The fourth-order valence-electron chi connectivity index (χ4n) is 1.44. The van der Waals surface area contributed by atoms with Crippen LogP contribution in [0.15, 0.2) is 28.7 Å². The van der Waals surface area contributed by atoms with Crippen LogP contribution in [0.2, 0.25) is 0 Å². The van der Waals surface area contributed by atoms with Crippen LogP contribution in [0, 0.1) is 0 Å². The van der Waals surface area contributed by atoms with E-state index in [0.717, 1.165) is 10.0 Å². The van der Waals surface area contributed by atoms with Gasteiger partial charge in [-0.25, -0.2) is 0 Å². The van der Waals surface area contributed by atoms with Crippen molar-refractivity contribution in [3.8, 4) is 0 Å². The van der Waals surface area contributed by atoms with E-state index in [0.29, 0.717) is 6.54 Å². The Balaban J connectivity index is 2.50. The van der Waals surface area contributed by atoms with Gasteiger partial charge in [0.05, 0.1) is 6.42 Å². The molecule has 0 unspecified atom stereocenters. The van der Waals surface area contributed by atoms with Crippen molar-refractivity contribution in [1.29, 1.82) is 0 Å². The predicted molar refractivity (Wildman–Crippen MR) is 65.9 cm³/mol. The van der Waals surface area contributed by atoms with Crippen molar-refractivity contribution in [3.63, 3.8) is 0 Å². The first-order chi connectivity index (χ1) is 8.28. The fourth-order valence-corrected chi connectivity index (χ4v) is 1.88. The summed E-state index contributed by atoms with van der Waals surface area (Å²) in [4.78, 5) is 12.8. The van der Waals surface area contributed by atoms with Gasteiger partial charge in [-0.3, -0.25) is 4.79 Å². The highest BCUT2D eigenvalue weighted by Gasteiger charge is 2.28. The molecule has 0 spiro atoms. The molecule has 0 aliphatic heterocycles. The number of hydrogen-bond acceptors (Lipinski definition) is 1. The molecule has 6 heteroatoms. The molecule has 0 aliphatic carbocycles. The van der Waals surface area contributed by atoms with Gasteiger partial charge in [-0.2, -0.15) is 13.2 Å². The third-order valence-corrected chi connectivity index (χ3v) is 2.85. The van der Waals surface area contributed by atoms with Gasteiger partial charge in [0.1, 0.15) is 0 Å². The van der Waals surface area contributed by atoms with Crippen LogP contribution < -0.4 is 0 Å². The molecule has 0 aliphatic rings. The first-order valence-corrected chi connectivity index (χ1v) is 6.12. The summed E-state index contributed by atoms with van der Waals surface area (Å²) in [6, 6.07) is 7.30.